The largest absolute Gasteiger partial charge is 0.462 e. The molecule has 2 aromatic rings. The van der Waals surface area contributed by atoms with Gasteiger partial charge in [0.1, 0.15) is 11.4 Å². The molecule has 0 atom stereocenters. The number of nitrogens with one attached hydrogen (secondary N) is 1. The average Bonchev–Trinajstić information content (AvgIpc) is 3.33. The van der Waals surface area contributed by atoms with Gasteiger partial charge in [0.2, 0.25) is 5.91 Å². The highest BCUT2D eigenvalue weighted by Crippen LogP contribution is 2.16. The number of esters is 1. The molecule has 2 aromatic heterocycles. The summed E-state index contributed by atoms with van der Waals surface area (Å²) in [5.41, 5.74) is 0.226. The topological polar surface area (TPSA) is 96.8 Å². The van der Waals surface area contributed by atoms with Crippen LogP contribution < -0.4 is 5.32 Å². The minimum atomic E-state index is -0.522. The number of hydrogen-bond acceptors (Lipinski definition) is 7. The Morgan fingerprint density at radius 2 is 2.00 bits per heavy atom. The van der Waals surface area contributed by atoms with E-state index >= 15 is 0 Å². The standard InChI is InChI=1S/C18H23N5O4S/c1-3-27-18(26)13-11-19-21(2)16(13)20-15(24)12-22-6-8-23(9-7-22)17(25)14-5-4-10-28-14/h4-5,10-11H,3,6-9,12H2,1-2H3,(H,20,24). The van der Waals surface area contributed by atoms with Crippen molar-refractivity contribution in [1.82, 2.24) is 19.6 Å². The first-order valence-electron chi connectivity index (χ1n) is 9.03. The highest BCUT2D eigenvalue weighted by atomic mass is 32.1. The van der Waals surface area contributed by atoms with Crippen molar-refractivity contribution < 1.29 is 19.1 Å². The Balaban J connectivity index is 1.52. The van der Waals surface area contributed by atoms with Gasteiger partial charge in [0.15, 0.2) is 0 Å². The molecule has 10 heteroatoms. The van der Waals surface area contributed by atoms with Gasteiger partial charge in [-0.3, -0.25) is 19.2 Å². The first kappa shape index (κ1) is 20.0. The zero-order valence-corrected chi connectivity index (χ0v) is 16.7. The Morgan fingerprint density at radius 1 is 1.25 bits per heavy atom. The lowest BCUT2D eigenvalue weighted by Crippen LogP contribution is -2.50. The summed E-state index contributed by atoms with van der Waals surface area (Å²) < 4.78 is 6.42. The van der Waals surface area contributed by atoms with Crippen LogP contribution in [0.2, 0.25) is 0 Å². The number of aromatic nitrogens is 2. The van der Waals surface area contributed by atoms with E-state index in [4.69, 9.17) is 4.74 Å². The second-order valence-corrected chi connectivity index (χ2v) is 7.29. The molecule has 150 valence electrons. The molecule has 1 saturated heterocycles. The van der Waals surface area contributed by atoms with Crippen molar-refractivity contribution in [3.05, 3.63) is 34.2 Å². The predicted molar refractivity (Wildman–Crippen MR) is 104 cm³/mol. The summed E-state index contributed by atoms with van der Waals surface area (Å²) in [7, 11) is 1.65. The summed E-state index contributed by atoms with van der Waals surface area (Å²) in [6, 6.07) is 3.68. The van der Waals surface area contributed by atoms with E-state index in [0.29, 0.717) is 32.0 Å². The quantitative estimate of drug-likeness (QED) is 0.722. The van der Waals surface area contributed by atoms with Gasteiger partial charge in [-0.1, -0.05) is 6.07 Å². The zero-order chi connectivity index (χ0) is 20.1. The van der Waals surface area contributed by atoms with E-state index in [-0.39, 0.29) is 30.5 Å². The predicted octanol–water partition coefficient (Wildman–Crippen LogP) is 1.05. The molecule has 0 saturated carbocycles. The molecule has 1 fully saturated rings. The summed E-state index contributed by atoms with van der Waals surface area (Å²) in [6.07, 6.45) is 1.38. The normalized spacial score (nSPS) is 14.7. The fraction of sp³-hybridized carbons (Fsp3) is 0.444. The molecule has 3 heterocycles. The second-order valence-electron chi connectivity index (χ2n) is 6.34. The molecule has 1 aliphatic heterocycles. The van der Waals surface area contributed by atoms with Crippen LogP contribution in [0.4, 0.5) is 5.82 Å². The number of piperazine rings is 1. The average molecular weight is 405 g/mol. The van der Waals surface area contributed by atoms with E-state index in [2.05, 4.69) is 10.4 Å². The first-order chi connectivity index (χ1) is 13.5. The molecule has 1 N–H and O–H groups in total. The molecule has 0 unspecified atom stereocenters. The maximum absolute atomic E-state index is 12.4. The zero-order valence-electron chi connectivity index (χ0n) is 15.9. The number of aryl methyl sites for hydroxylation is 1. The number of carbonyl (C=O) groups excluding carboxylic acids is 3. The number of anilines is 1. The van der Waals surface area contributed by atoms with Gasteiger partial charge >= 0.3 is 5.97 Å². The van der Waals surface area contributed by atoms with Crippen molar-refractivity contribution in [3.63, 3.8) is 0 Å². The third-order valence-corrected chi connectivity index (χ3v) is 5.31. The lowest BCUT2D eigenvalue weighted by molar-refractivity contribution is -0.117. The molecule has 3 rings (SSSR count). The smallest absolute Gasteiger partial charge is 0.343 e. The minimum absolute atomic E-state index is 0.0352. The number of nitrogens with zero attached hydrogens (tertiary/aromatic N) is 4. The number of rotatable bonds is 6. The molecule has 0 aliphatic carbocycles. The maximum Gasteiger partial charge on any atom is 0.343 e. The Bertz CT molecular complexity index is 840. The van der Waals surface area contributed by atoms with Crippen LogP contribution in [0.25, 0.3) is 0 Å². The number of hydrogen-bond donors (Lipinski definition) is 1. The van der Waals surface area contributed by atoms with E-state index in [9.17, 15) is 14.4 Å². The van der Waals surface area contributed by atoms with Gasteiger partial charge in [-0.05, 0) is 18.4 Å². The third-order valence-electron chi connectivity index (χ3n) is 4.45. The van der Waals surface area contributed by atoms with E-state index in [0.717, 1.165) is 4.88 Å². The van der Waals surface area contributed by atoms with Gasteiger partial charge in [0.05, 0.1) is 24.2 Å². The van der Waals surface area contributed by atoms with Crippen molar-refractivity contribution >= 4 is 34.9 Å². The molecule has 0 spiro atoms. The van der Waals surface area contributed by atoms with E-state index < -0.39 is 5.97 Å². The first-order valence-corrected chi connectivity index (χ1v) is 9.91. The molecular formula is C18H23N5O4S. The van der Waals surface area contributed by atoms with Crippen molar-refractivity contribution in [2.75, 3.05) is 44.6 Å². The summed E-state index contributed by atoms with van der Waals surface area (Å²) in [4.78, 5) is 41.3. The monoisotopic (exact) mass is 405 g/mol. The second kappa shape index (κ2) is 8.98. The van der Waals surface area contributed by atoms with Gasteiger partial charge in [-0.25, -0.2) is 4.79 Å². The lowest BCUT2D eigenvalue weighted by atomic mass is 10.3. The maximum atomic E-state index is 12.4. The molecule has 9 nitrogen and oxygen atoms in total. The molecular weight excluding hydrogens is 382 g/mol. The molecule has 2 amide bonds. The highest BCUT2D eigenvalue weighted by Gasteiger charge is 2.25. The molecule has 0 bridgehead atoms. The fourth-order valence-electron chi connectivity index (χ4n) is 2.98. The summed E-state index contributed by atoms with van der Waals surface area (Å²) in [5.74, 6) is -0.415. The van der Waals surface area contributed by atoms with Crippen LogP contribution in [0, 0.1) is 0 Å². The van der Waals surface area contributed by atoms with Crippen molar-refractivity contribution in [1.29, 1.82) is 0 Å². The van der Waals surface area contributed by atoms with Crippen LogP contribution >= 0.6 is 11.3 Å². The van der Waals surface area contributed by atoms with Gasteiger partial charge in [0, 0.05) is 33.2 Å². The van der Waals surface area contributed by atoms with E-state index in [1.165, 1.54) is 22.2 Å². The SMILES string of the molecule is CCOC(=O)c1cnn(C)c1NC(=O)CN1CCN(C(=O)c2cccs2)CC1. The number of carbonyl (C=O) groups is 3. The third kappa shape index (κ3) is 4.57. The number of thiophene rings is 1. The lowest BCUT2D eigenvalue weighted by Gasteiger charge is -2.34. The fourth-order valence-corrected chi connectivity index (χ4v) is 3.67. The van der Waals surface area contributed by atoms with Gasteiger partial charge in [0.25, 0.3) is 5.91 Å². The number of amides is 2. The van der Waals surface area contributed by atoms with Gasteiger partial charge in [-0.2, -0.15) is 5.10 Å². The van der Waals surface area contributed by atoms with Gasteiger partial charge in [-0.15, -0.1) is 11.3 Å². The molecule has 28 heavy (non-hydrogen) atoms. The van der Waals surface area contributed by atoms with Crippen LogP contribution in [0.3, 0.4) is 0 Å². The molecule has 1 aliphatic rings. The Hall–Kier alpha value is -2.72. The minimum Gasteiger partial charge on any atom is -0.462 e. The summed E-state index contributed by atoms with van der Waals surface area (Å²) in [5, 5.41) is 8.65. The van der Waals surface area contributed by atoms with Crippen LogP contribution in [-0.2, 0) is 16.6 Å². The summed E-state index contributed by atoms with van der Waals surface area (Å²) in [6.45, 7) is 4.51. The molecule has 0 aromatic carbocycles. The van der Waals surface area contributed by atoms with Crippen molar-refractivity contribution in [2.45, 2.75) is 6.92 Å². The number of ether oxygens (including phenoxy) is 1. The van der Waals surface area contributed by atoms with Crippen molar-refractivity contribution in [2.24, 2.45) is 7.05 Å². The summed E-state index contributed by atoms with van der Waals surface area (Å²) >= 11 is 1.43. The van der Waals surface area contributed by atoms with Crippen LogP contribution in [0.1, 0.15) is 27.0 Å². The van der Waals surface area contributed by atoms with Crippen molar-refractivity contribution in [3.8, 4) is 0 Å². The Kier molecular flexibility index (Phi) is 6.42. The van der Waals surface area contributed by atoms with Crippen LogP contribution in [0.15, 0.2) is 23.7 Å². The van der Waals surface area contributed by atoms with E-state index in [1.54, 1.807) is 18.9 Å². The van der Waals surface area contributed by atoms with Crippen LogP contribution in [-0.4, -0.2) is 76.7 Å². The van der Waals surface area contributed by atoms with Gasteiger partial charge < -0.3 is 15.0 Å². The Morgan fingerprint density at radius 3 is 2.64 bits per heavy atom. The highest BCUT2D eigenvalue weighted by molar-refractivity contribution is 7.12. The molecule has 0 radical (unpaired) electrons. The Labute approximate surface area is 166 Å². The van der Waals surface area contributed by atoms with E-state index in [1.807, 2.05) is 22.4 Å². The van der Waals surface area contributed by atoms with Crippen LogP contribution in [0.5, 0.6) is 0 Å².